The van der Waals surface area contributed by atoms with E-state index in [9.17, 15) is 41.3 Å². The first kappa shape index (κ1) is 20.9. The van der Waals surface area contributed by atoms with Gasteiger partial charge in [0.2, 0.25) is 0 Å². The van der Waals surface area contributed by atoms with Crippen LogP contribution in [-0.2, 0) is 0 Å². The average Bonchev–Trinajstić information content (AvgIpc) is 3.09. The van der Waals surface area contributed by atoms with E-state index in [2.05, 4.69) is 5.32 Å². The Hall–Kier alpha value is -4.84. The van der Waals surface area contributed by atoms with E-state index in [1.54, 1.807) is 24.3 Å². The number of non-ortho nitro benzene ring substituents is 2. The Morgan fingerprint density at radius 1 is 0.742 bits per heavy atom. The van der Waals surface area contributed by atoms with E-state index in [1.807, 2.05) is 0 Å². The molecule has 3 rings (SSSR count). The third-order valence-corrected chi connectivity index (χ3v) is 5.36. The zero-order valence-electron chi connectivity index (χ0n) is 15.6. The molecule has 1 aliphatic rings. The predicted molar refractivity (Wildman–Crippen MR) is 102 cm³/mol. The fourth-order valence-electron chi connectivity index (χ4n) is 3.86. The van der Waals surface area contributed by atoms with E-state index >= 15 is 0 Å². The second-order valence-electron chi connectivity index (χ2n) is 6.80. The third-order valence-electron chi connectivity index (χ3n) is 5.36. The summed E-state index contributed by atoms with van der Waals surface area (Å²) in [5.74, 6) is 0. The first-order chi connectivity index (χ1) is 14.8. The van der Waals surface area contributed by atoms with Gasteiger partial charge in [0.1, 0.15) is 0 Å². The van der Waals surface area contributed by atoms with E-state index in [1.165, 1.54) is 36.4 Å². The van der Waals surface area contributed by atoms with Crippen molar-refractivity contribution in [3.8, 4) is 24.3 Å². The van der Waals surface area contributed by atoms with Crippen LogP contribution in [-0.4, -0.2) is 9.85 Å². The summed E-state index contributed by atoms with van der Waals surface area (Å²) < 4.78 is 0. The molecule has 2 unspecified atom stereocenters. The smallest absolute Gasteiger partial charge is 0.269 e. The van der Waals surface area contributed by atoms with Crippen LogP contribution in [0.2, 0.25) is 0 Å². The second kappa shape index (κ2) is 7.53. The Bertz CT molecular complexity index is 1140. The first-order valence-corrected chi connectivity index (χ1v) is 8.70. The molecular weight excluding hydrogens is 402 g/mol. The van der Waals surface area contributed by atoms with Gasteiger partial charge in [-0.25, -0.2) is 0 Å². The summed E-state index contributed by atoms with van der Waals surface area (Å²) in [4.78, 5) is 21.1. The lowest BCUT2D eigenvalue weighted by atomic mass is 9.61. The van der Waals surface area contributed by atoms with Crippen LogP contribution in [0.15, 0.2) is 48.5 Å². The highest BCUT2D eigenvalue weighted by Crippen LogP contribution is 2.60. The van der Waals surface area contributed by atoms with Gasteiger partial charge < -0.3 is 0 Å². The molecular formula is C20H11N7O4. The van der Waals surface area contributed by atoms with Crippen molar-refractivity contribution in [2.75, 3.05) is 0 Å². The molecule has 0 aliphatic carbocycles. The molecule has 2 aromatic carbocycles. The number of hydrogen-bond donors (Lipinski definition) is 1. The van der Waals surface area contributed by atoms with Crippen molar-refractivity contribution in [2.45, 2.75) is 12.1 Å². The molecule has 1 aliphatic heterocycles. The van der Waals surface area contributed by atoms with Gasteiger partial charge in [0.05, 0.1) is 46.2 Å². The van der Waals surface area contributed by atoms with Gasteiger partial charge in [-0.15, -0.1) is 0 Å². The van der Waals surface area contributed by atoms with Gasteiger partial charge in [0.25, 0.3) is 11.4 Å². The minimum atomic E-state index is -2.26. The largest absolute Gasteiger partial charge is 0.298 e. The van der Waals surface area contributed by atoms with Crippen molar-refractivity contribution >= 4 is 11.4 Å². The summed E-state index contributed by atoms with van der Waals surface area (Å²) in [5, 5.41) is 65.2. The van der Waals surface area contributed by atoms with Crippen LogP contribution < -0.4 is 5.32 Å². The summed E-state index contributed by atoms with van der Waals surface area (Å²) in [7, 11) is 0. The number of nitro groups is 2. The maximum Gasteiger partial charge on any atom is 0.269 e. The zero-order valence-corrected chi connectivity index (χ0v) is 15.6. The van der Waals surface area contributed by atoms with Crippen molar-refractivity contribution in [2.24, 2.45) is 10.8 Å². The lowest BCUT2D eigenvalue weighted by Crippen LogP contribution is -2.39. The Labute approximate surface area is 175 Å². The lowest BCUT2D eigenvalue weighted by molar-refractivity contribution is -0.385. The monoisotopic (exact) mass is 413 g/mol. The fraction of sp³-hybridized carbons (Fsp3) is 0.200. The Balaban J connectivity index is 2.29. The highest BCUT2D eigenvalue weighted by Gasteiger charge is 2.69. The molecule has 0 saturated carbocycles. The maximum atomic E-state index is 11.2. The number of rotatable bonds is 4. The van der Waals surface area contributed by atoms with Crippen molar-refractivity contribution in [1.29, 1.82) is 21.0 Å². The van der Waals surface area contributed by atoms with Crippen LogP contribution in [0.4, 0.5) is 11.4 Å². The highest BCUT2D eigenvalue weighted by atomic mass is 16.6. The predicted octanol–water partition coefficient (Wildman–Crippen LogP) is 2.96. The van der Waals surface area contributed by atoms with E-state index in [0.29, 0.717) is 0 Å². The van der Waals surface area contributed by atoms with Crippen LogP contribution in [0.25, 0.3) is 0 Å². The quantitative estimate of drug-likeness (QED) is 0.579. The number of benzene rings is 2. The van der Waals surface area contributed by atoms with Crippen LogP contribution >= 0.6 is 0 Å². The van der Waals surface area contributed by atoms with E-state index in [0.717, 1.165) is 12.1 Å². The number of nitriles is 4. The van der Waals surface area contributed by atoms with Crippen LogP contribution in [0.5, 0.6) is 0 Å². The van der Waals surface area contributed by atoms with Gasteiger partial charge in [-0.3, -0.25) is 25.5 Å². The summed E-state index contributed by atoms with van der Waals surface area (Å²) in [6, 6.07) is 14.9. The molecule has 11 heteroatoms. The van der Waals surface area contributed by atoms with Crippen molar-refractivity contribution in [3.05, 3.63) is 79.9 Å². The molecule has 0 radical (unpaired) electrons. The topological polar surface area (TPSA) is 193 Å². The molecule has 1 N–H and O–H groups in total. The van der Waals surface area contributed by atoms with Crippen molar-refractivity contribution < 1.29 is 9.85 Å². The molecule has 0 bridgehead atoms. The molecule has 0 amide bonds. The van der Waals surface area contributed by atoms with Crippen molar-refractivity contribution in [3.63, 3.8) is 0 Å². The minimum absolute atomic E-state index is 0.153. The van der Waals surface area contributed by atoms with Crippen molar-refractivity contribution in [1.82, 2.24) is 5.32 Å². The van der Waals surface area contributed by atoms with Gasteiger partial charge in [-0.05, 0) is 11.1 Å². The minimum Gasteiger partial charge on any atom is -0.298 e. The number of hydrogen-bond acceptors (Lipinski definition) is 9. The standard InChI is InChI=1S/C20H11N7O4/c21-9-19(10-22)17(13-3-1-5-15(7-13)26(28)29)25-18(20(19,11-23)12-24)14-4-2-6-16(8-14)27(30)31/h1-8,17-18,25H. The number of nitrogens with zero attached hydrogens (tertiary/aromatic N) is 6. The maximum absolute atomic E-state index is 11.2. The molecule has 11 nitrogen and oxygen atoms in total. The van der Waals surface area contributed by atoms with Crippen LogP contribution in [0.1, 0.15) is 23.2 Å². The van der Waals surface area contributed by atoms with Gasteiger partial charge in [0, 0.05) is 24.3 Å². The fourth-order valence-corrected chi connectivity index (χ4v) is 3.86. The SMILES string of the molecule is N#CC1(C#N)C(c2cccc([N+](=O)[O-])c2)NC(c2cccc([N+](=O)[O-])c2)C1(C#N)C#N. The Kier molecular flexibility index (Phi) is 5.07. The van der Waals surface area contributed by atoms with Gasteiger partial charge in [-0.2, -0.15) is 21.0 Å². The summed E-state index contributed by atoms with van der Waals surface area (Å²) in [5.41, 5.74) is -4.83. The van der Waals surface area contributed by atoms with E-state index in [4.69, 9.17) is 0 Å². The van der Waals surface area contributed by atoms with Gasteiger partial charge >= 0.3 is 0 Å². The van der Waals surface area contributed by atoms with E-state index in [-0.39, 0.29) is 22.5 Å². The second-order valence-corrected chi connectivity index (χ2v) is 6.80. The normalized spacial score (nSPS) is 20.4. The Morgan fingerprint density at radius 3 is 1.39 bits per heavy atom. The summed E-state index contributed by atoms with van der Waals surface area (Å²) in [6.07, 6.45) is 0. The molecule has 150 valence electrons. The molecule has 31 heavy (non-hydrogen) atoms. The molecule has 2 atom stereocenters. The molecule has 1 heterocycles. The summed E-state index contributed by atoms with van der Waals surface area (Å²) >= 11 is 0. The van der Waals surface area contributed by atoms with Crippen LogP contribution in [0.3, 0.4) is 0 Å². The molecule has 1 fully saturated rings. The van der Waals surface area contributed by atoms with Crippen LogP contribution in [0, 0.1) is 76.4 Å². The average molecular weight is 413 g/mol. The number of nitrogens with one attached hydrogen (secondary N) is 1. The zero-order chi connectivity index (χ0) is 22.8. The number of nitro benzene ring substituents is 2. The molecule has 1 saturated heterocycles. The van der Waals surface area contributed by atoms with E-state index < -0.39 is 32.8 Å². The lowest BCUT2D eigenvalue weighted by Gasteiger charge is -2.29. The summed E-state index contributed by atoms with van der Waals surface area (Å²) in [6.45, 7) is 0. The first-order valence-electron chi connectivity index (χ1n) is 8.70. The Morgan fingerprint density at radius 2 is 1.10 bits per heavy atom. The molecule has 0 spiro atoms. The van der Waals surface area contributed by atoms with Gasteiger partial charge in [0.15, 0.2) is 10.8 Å². The molecule has 2 aromatic rings. The molecule has 0 aromatic heterocycles. The third kappa shape index (κ3) is 2.90. The van der Waals surface area contributed by atoms with Gasteiger partial charge in [-0.1, -0.05) is 24.3 Å². The highest BCUT2D eigenvalue weighted by molar-refractivity contribution is 5.51.